The Morgan fingerprint density at radius 1 is 1.09 bits per heavy atom. The molecular weight excluding hydrogens is 446 g/mol. The van der Waals surface area contributed by atoms with Gasteiger partial charge in [-0.1, -0.05) is 6.07 Å². The summed E-state index contributed by atoms with van der Waals surface area (Å²) in [5.74, 6) is -0.802. The Hall–Kier alpha value is -3.86. The standard InChI is InChI=1S/C23H22F2N6O3/c1-34-18-5-3-15-19-21(28-20(15)22(18)31(32)33)23(27-13-26-19)30-10-8-29(9-11-30)7-6-14-2-4-16(24)17(25)12-14/h2-5,12-13,28H,6-11H2,1H3. The van der Waals surface area contributed by atoms with Crippen molar-refractivity contribution < 1.29 is 18.4 Å². The van der Waals surface area contributed by atoms with E-state index in [4.69, 9.17) is 4.74 Å². The van der Waals surface area contributed by atoms with E-state index in [9.17, 15) is 18.9 Å². The lowest BCUT2D eigenvalue weighted by atomic mass is 10.1. The van der Waals surface area contributed by atoms with Crippen LogP contribution in [0.1, 0.15) is 5.56 Å². The number of hydrogen-bond acceptors (Lipinski definition) is 7. The number of nitrogens with zero attached hydrogens (tertiary/aromatic N) is 5. The van der Waals surface area contributed by atoms with E-state index in [0.717, 1.165) is 31.3 Å². The molecule has 0 amide bonds. The highest BCUT2D eigenvalue weighted by Crippen LogP contribution is 2.39. The molecule has 1 aliphatic rings. The van der Waals surface area contributed by atoms with Crippen LogP contribution in [0.15, 0.2) is 36.7 Å². The monoisotopic (exact) mass is 468 g/mol. The van der Waals surface area contributed by atoms with Gasteiger partial charge in [0.2, 0.25) is 0 Å². The number of H-pyrrole nitrogens is 1. The smallest absolute Gasteiger partial charge is 0.334 e. The van der Waals surface area contributed by atoms with Crippen LogP contribution in [-0.2, 0) is 6.42 Å². The first-order valence-corrected chi connectivity index (χ1v) is 10.8. The predicted octanol–water partition coefficient (Wildman–Crippen LogP) is 3.67. The number of halogens is 2. The number of benzene rings is 2. The summed E-state index contributed by atoms with van der Waals surface area (Å²) < 4.78 is 31.8. The van der Waals surface area contributed by atoms with Crippen molar-refractivity contribution in [2.75, 3.05) is 44.7 Å². The first-order chi connectivity index (χ1) is 16.5. The lowest BCUT2D eigenvalue weighted by Crippen LogP contribution is -2.47. The van der Waals surface area contributed by atoms with Crippen LogP contribution in [-0.4, -0.2) is 64.6 Å². The number of anilines is 1. The van der Waals surface area contributed by atoms with Gasteiger partial charge in [0, 0.05) is 38.1 Å². The molecule has 2 aromatic heterocycles. The number of hydrogen-bond donors (Lipinski definition) is 1. The van der Waals surface area contributed by atoms with E-state index in [-0.39, 0.29) is 11.4 Å². The molecular formula is C23H22F2N6O3. The number of ether oxygens (including phenoxy) is 1. The second-order valence-electron chi connectivity index (χ2n) is 8.17. The molecule has 0 bridgehead atoms. The number of methoxy groups -OCH3 is 1. The van der Waals surface area contributed by atoms with Crippen molar-refractivity contribution in [2.24, 2.45) is 0 Å². The van der Waals surface area contributed by atoms with Crippen LogP contribution in [0.3, 0.4) is 0 Å². The number of nitro groups is 1. The van der Waals surface area contributed by atoms with E-state index in [1.165, 1.54) is 19.5 Å². The minimum Gasteiger partial charge on any atom is -0.490 e. The minimum absolute atomic E-state index is 0.133. The third-order valence-corrected chi connectivity index (χ3v) is 6.25. The van der Waals surface area contributed by atoms with Crippen LogP contribution in [0.25, 0.3) is 21.9 Å². The second kappa shape index (κ2) is 8.82. The molecule has 1 saturated heterocycles. The quantitative estimate of drug-likeness (QED) is 0.340. The Bertz CT molecular complexity index is 1380. The highest BCUT2D eigenvalue weighted by molar-refractivity contribution is 6.11. The molecule has 0 atom stereocenters. The van der Waals surface area contributed by atoms with Crippen molar-refractivity contribution in [2.45, 2.75) is 6.42 Å². The van der Waals surface area contributed by atoms with Gasteiger partial charge in [0.1, 0.15) is 22.9 Å². The van der Waals surface area contributed by atoms with Crippen LogP contribution in [0.5, 0.6) is 5.75 Å². The van der Waals surface area contributed by atoms with E-state index in [1.807, 2.05) is 0 Å². The zero-order chi connectivity index (χ0) is 23.8. The Balaban J connectivity index is 1.36. The molecule has 34 heavy (non-hydrogen) atoms. The van der Waals surface area contributed by atoms with E-state index < -0.39 is 16.6 Å². The lowest BCUT2D eigenvalue weighted by molar-refractivity contribution is -0.384. The van der Waals surface area contributed by atoms with Crippen LogP contribution >= 0.6 is 0 Å². The van der Waals surface area contributed by atoms with Gasteiger partial charge in [-0.2, -0.15) is 0 Å². The average Bonchev–Trinajstić information content (AvgIpc) is 3.23. The van der Waals surface area contributed by atoms with Crippen LogP contribution in [0.4, 0.5) is 20.3 Å². The number of piperazine rings is 1. The van der Waals surface area contributed by atoms with Gasteiger partial charge in [-0.15, -0.1) is 0 Å². The summed E-state index contributed by atoms with van der Waals surface area (Å²) in [6, 6.07) is 7.33. The van der Waals surface area contributed by atoms with Crippen LogP contribution < -0.4 is 9.64 Å². The molecule has 1 N–H and O–H groups in total. The van der Waals surface area contributed by atoms with Crippen molar-refractivity contribution in [3.8, 4) is 5.75 Å². The third kappa shape index (κ3) is 3.87. The number of rotatable bonds is 6. The topological polar surface area (TPSA) is 100 Å². The molecule has 9 nitrogen and oxygen atoms in total. The first-order valence-electron chi connectivity index (χ1n) is 10.8. The number of fused-ring (bicyclic) bond motifs is 3. The van der Waals surface area contributed by atoms with Gasteiger partial charge in [0.25, 0.3) is 0 Å². The van der Waals surface area contributed by atoms with E-state index in [1.54, 1.807) is 18.2 Å². The van der Waals surface area contributed by atoms with Gasteiger partial charge in [-0.05, 0) is 36.2 Å². The van der Waals surface area contributed by atoms with E-state index >= 15 is 0 Å². The number of aromatic amines is 1. The zero-order valence-electron chi connectivity index (χ0n) is 18.4. The maximum atomic E-state index is 13.4. The van der Waals surface area contributed by atoms with Crippen molar-refractivity contribution in [3.63, 3.8) is 0 Å². The Morgan fingerprint density at radius 2 is 1.88 bits per heavy atom. The lowest BCUT2D eigenvalue weighted by Gasteiger charge is -2.35. The first kappa shape index (κ1) is 22.0. The molecule has 2 aromatic carbocycles. The third-order valence-electron chi connectivity index (χ3n) is 6.25. The maximum absolute atomic E-state index is 13.4. The van der Waals surface area contributed by atoms with Crippen molar-refractivity contribution >= 4 is 33.4 Å². The Morgan fingerprint density at radius 3 is 2.59 bits per heavy atom. The fourth-order valence-electron chi connectivity index (χ4n) is 4.47. The molecule has 5 rings (SSSR count). The molecule has 1 aliphatic heterocycles. The summed E-state index contributed by atoms with van der Waals surface area (Å²) in [7, 11) is 1.40. The number of aromatic nitrogens is 3. The predicted molar refractivity (Wildman–Crippen MR) is 123 cm³/mol. The molecule has 0 unspecified atom stereocenters. The van der Waals surface area contributed by atoms with Gasteiger partial charge in [-0.25, -0.2) is 18.7 Å². The summed E-state index contributed by atoms with van der Waals surface area (Å²) in [6.07, 6.45) is 2.10. The average molecular weight is 468 g/mol. The maximum Gasteiger partial charge on any atom is 0.334 e. The van der Waals surface area contributed by atoms with Crippen molar-refractivity contribution in [1.82, 2.24) is 19.9 Å². The number of nitrogens with one attached hydrogen (secondary N) is 1. The second-order valence-corrected chi connectivity index (χ2v) is 8.17. The van der Waals surface area contributed by atoms with Crippen LogP contribution in [0.2, 0.25) is 0 Å². The summed E-state index contributed by atoms with van der Waals surface area (Å²) in [6.45, 7) is 3.67. The highest BCUT2D eigenvalue weighted by atomic mass is 19.2. The molecule has 4 aromatic rings. The Labute approximate surface area is 193 Å². The van der Waals surface area contributed by atoms with Gasteiger partial charge in [-0.3, -0.25) is 15.0 Å². The van der Waals surface area contributed by atoms with Crippen molar-refractivity contribution in [1.29, 1.82) is 0 Å². The van der Waals surface area contributed by atoms with E-state index in [2.05, 4.69) is 24.8 Å². The molecule has 3 heterocycles. The van der Waals surface area contributed by atoms with Gasteiger partial charge < -0.3 is 14.6 Å². The zero-order valence-corrected chi connectivity index (χ0v) is 18.4. The molecule has 0 spiro atoms. The van der Waals surface area contributed by atoms with Gasteiger partial charge in [0.05, 0.1) is 12.0 Å². The Kier molecular flexibility index (Phi) is 5.70. The van der Waals surface area contributed by atoms with Crippen molar-refractivity contribution in [3.05, 3.63) is 64.0 Å². The summed E-state index contributed by atoms with van der Waals surface area (Å²) in [5.41, 5.74) is 2.24. The van der Waals surface area contributed by atoms with Gasteiger partial charge >= 0.3 is 5.69 Å². The summed E-state index contributed by atoms with van der Waals surface area (Å²) >= 11 is 0. The van der Waals surface area contributed by atoms with Gasteiger partial charge in [0.15, 0.2) is 23.2 Å². The summed E-state index contributed by atoms with van der Waals surface area (Å²) in [5, 5.41) is 12.3. The molecule has 176 valence electrons. The van der Waals surface area contributed by atoms with E-state index in [0.29, 0.717) is 47.3 Å². The summed E-state index contributed by atoms with van der Waals surface area (Å²) in [4.78, 5) is 27.6. The normalized spacial score (nSPS) is 14.7. The molecule has 11 heteroatoms. The largest absolute Gasteiger partial charge is 0.490 e. The fraction of sp³-hybridized carbons (Fsp3) is 0.304. The number of nitro benzene ring substituents is 1. The fourth-order valence-corrected chi connectivity index (χ4v) is 4.47. The highest BCUT2D eigenvalue weighted by Gasteiger charge is 2.26. The molecule has 1 fully saturated rings. The van der Waals surface area contributed by atoms with Crippen LogP contribution in [0, 0.1) is 21.7 Å². The molecule has 0 aliphatic carbocycles. The SMILES string of the molecule is COc1ccc2c([nH]c3c(N4CCN(CCc5ccc(F)c(F)c5)CC4)ncnc32)c1[N+](=O)[O-]. The minimum atomic E-state index is -0.839. The molecule has 0 radical (unpaired) electrons. The molecule has 0 saturated carbocycles.